The van der Waals surface area contributed by atoms with Gasteiger partial charge in [0.15, 0.2) is 0 Å². The first kappa shape index (κ1) is 19.0. The van der Waals surface area contributed by atoms with Crippen LogP contribution in [0.1, 0.15) is 37.8 Å². The fourth-order valence-corrected chi connectivity index (χ4v) is 2.95. The summed E-state index contributed by atoms with van der Waals surface area (Å²) in [7, 11) is -3.67. The maximum Gasteiger partial charge on any atom is 0.276 e. The van der Waals surface area contributed by atoms with E-state index in [0.717, 1.165) is 29.7 Å². The van der Waals surface area contributed by atoms with Gasteiger partial charge in [-0.05, 0) is 62.2 Å². The molecule has 1 N–H and O–H groups in total. The fraction of sp³-hybridized carbons (Fsp3) is 0.316. The van der Waals surface area contributed by atoms with Gasteiger partial charge in [-0.1, -0.05) is 31.0 Å². The second kappa shape index (κ2) is 8.67. The van der Waals surface area contributed by atoms with Crippen molar-refractivity contribution < 1.29 is 13.2 Å². The molecule has 2 aromatic carbocycles. The van der Waals surface area contributed by atoms with Gasteiger partial charge in [-0.25, -0.2) is 0 Å². The zero-order chi connectivity index (χ0) is 18.3. The van der Waals surface area contributed by atoms with Gasteiger partial charge < -0.3 is 4.74 Å². The van der Waals surface area contributed by atoms with Crippen molar-refractivity contribution in [2.75, 3.05) is 6.61 Å². The molecule has 0 aromatic heterocycles. The molecule has 0 amide bonds. The molecule has 25 heavy (non-hydrogen) atoms. The van der Waals surface area contributed by atoms with Crippen molar-refractivity contribution >= 4 is 15.7 Å². The summed E-state index contributed by atoms with van der Waals surface area (Å²) in [5.74, 6) is 0.797. The Morgan fingerprint density at radius 1 is 1.08 bits per heavy atom. The average molecular weight is 360 g/mol. The summed E-state index contributed by atoms with van der Waals surface area (Å²) in [6, 6.07) is 14.1. The van der Waals surface area contributed by atoms with Crippen molar-refractivity contribution in [1.82, 2.24) is 4.83 Å². The Kier molecular flexibility index (Phi) is 6.58. The minimum atomic E-state index is -3.67. The van der Waals surface area contributed by atoms with Crippen LogP contribution in [0.25, 0.3) is 0 Å². The SMILES string of the molecule is CCCCOc1ccc(/C(C)=N/NS(=O)(=O)c2ccc(C)cc2)cc1. The summed E-state index contributed by atoms with van der Waals surface area (Å²) in [5.41, 5.74) is 2.41. The molecule has 0 fully saturated rings. The van der Waals surface area contributed by atoms with E-state index in [-0.39, 0.29) is 4.90 Å². The number of ether oxygens (including phenoxy) is 1. The molecule has 5 nitrogen and oxygen atoms in total. The second-order valence-electron chi connectivity index (χ2n) is 5.83. The first-order valence-electron chi connectivity index (χ1n) is 8.28. The summed E-state index contributed by atoms with van der Waals surface area (Å²) in [6.07, 6.45) is 2.11. The molecule has 0 aliphatic heterocycles. The van der Waals surface area contributed by atoms with E-state index in [9.17, 15) is 8.42 Å². The van der Waals surface area contributed by atoms with Crippen molar-refractivity contribution in [2.45, 2.75) is 38.5 Å². The second-order valence-corrected chi connectivity index (χ2v) is 7.49. The summed E-state index contributed by atoms with van der Waals surface area (Å²) in [6.45, 7) is 6.47. The normalized spacial score (nSPS) is 12.0. The van der Waals surface area contributed by atoms with Gasteiger partial charge >= 0.3 is 0 Å². The minimum Gasteiger partial charge on any atom is -0.494 e. The smallest absolute Gasteiger partial charge is 0.276 e. The molecule has 0 atom stereocenters. The van der Waals surface area contributed by atoms with Crippen molar-refractivity contribution in [2.24, 2.45) is 5.10 Å². The van der Waals surface area contributed by atoms with Gasteiger partial charge in [0.1, 0.15) is 5.75 Å². The quantitative estimate of drug-likeness (QED) is 0.441. The molecule has 0 heterocycles. The van der Waals surface area contributed by atoms with Crippen molar-refractivity contribution in [3.8, 4) is 5.75 Å². The third kappa shape index (κ3) is 5.60. The van der Waals surface area contributed by atoms with Crippen LogP contribution in [-0.4, -0.2) is 20.7 Å². The molecule has 2 aromatic rings. The van der Waals surface area contributed by atoms with E-state index in [1.807, 2.05) is 31.2 Å². The Bertz CT molecular complexity index is 811. The largest absolute Gasteiger partial charge is 0.494 e. The Morgan fingerprint density at radius 2 is 1.72 bits per heavy atom. The fourth-order valence-electron chi connectivity index (χ4n) is 2.09. The molecule has 0 saturated heterocycles. The van der Waals surface area contributed by atoms with Crippen LogP contribution in [0.4, 0.5) is 0 Å². The molecular weight excluding hydrogens is 336 g/mol. The number of nitrogens with one attached hydrogen (secondary N) is 1. The molecule has 6 heteroatoms. The zero-order valence-corrected chi connectivity index (χ0v) is 15.6. The molecule has 0 aliphatic carbocycles. The minimum absolute atomic E-state index is 0.189. The molecule has 0 aliphatic rings. The number of nitrogens with zero attached hydrogens (tertiary/aromatic N) is 1. The van der Waals surface area contributed by atoms with Crippen LogP contribution in [0.15, 0.2) is 58.5 Å². The Hall–Kier alpha value is -2.34. The number of unbranched alkanes of at least 4 members (excludes halogenated alkanes) is 1. The van der Waals surface area contributed by atoms with E-state index < -0.39 is 10.0 Å². The standard InChI is InChI=1S/C19H24N2O3S/c1-4-5-14-24-18-10-8-17(9-11-18)16(3)20-21-25(22,23)19-12-6-15(2)7-13-19/h6-13,21H,4-5,14H2,1-3H3/b20-16+. The number of hydrogen-bond donors (Lipinski definition) is 1. The van der Waals surface area contributed by atoms with Gasteiger partial charge in [0.2, 0.25) is 0 Å². The third-order valence-electron chi connectivity index (χ3n) is 3.70. The molecule has 0 radical (unpaired) electrons. The monoisotopic (exact) mass is 360 g/mol. The van der Waals surface area contributed by atoms with Crippen LogP contribution < -0.4 is 9.57 Å². The van der Waals surface area contributed by atoms with Crippen LogP contribution in [0.5, 0.6) is 5.75 Å². The third-order valence-corrected chi connectivity index (χ3v) is 4.93. The summed E-state index contributed by atoms with van der Waals surface area (Å²) >= 11 is 0. The van der Waals surface area contributed by atoms with E-state index in [1.54, 1.807) is 31.2 Å². The molecule has 0 bridgehead atoms. The predicted molar refractivity (Wildman–Crippen MR) is 101 cm³/mol. The number of hydrazone groups is 1. The number of sulfonamides is 1. The number of aryl methyl sites for hydroxylation is 1. The van der Waals surface area contributed by atoms with Gasteiger partial charge in [-0.15, -0.1) is 0 Å². The van der Waals surface area contributed by atoms with E-state index >= 15 is 0 Å². The Balaban J connectivity index is 2.04. The highest BCUT2D eigenvalue weighted by Crippen LogP contribution is 2.14. The predicted octanol–water partition coefficient (Wildman–Crippen LogP) is 3.88. The number of hydrogen-bond acceptors (Lipinski definition) is 4. The van der Waals surface area contributed by atoms with E-state index in [1.165, 1.54) is 0 Å². The highest BCUT2D eigenvalue weighted by molar-refractivity contribution is 7.89. The lowest BCUT2D eigenvalue weighted by Crippen LogP contribution is -2.19. The molecule has 0 spiro atoms. The summed E-state index contributed by atoms with van der Waals surface area (Å²) in [5, 5.41) is 4.01. The highest BCUT2D eigenvalue weighted by Gasteiger charge is 2.12. The molecule has 0 unspecified atom stereocenters. The van der Waals surface area contributed by atoms with Gasteiger partial charge in [-0.2, -0.15) is 18.4 Å². The Morgan fingerprint density at radius 3 is 2.32 bits per heavy atom. The van der Waals surface area contributed by atoms with Crippen molar-refractivity contribution in [1.29, 1.82) is 0 Å². The maximum absolute atomic E-state index is 12.2. The van der Waals surface area contributed by atoms with Gasteiger partial charge in [0, 0.05) is 0 Å². The zero-order valence-electron chi connectivity index (χ0n) is 14.8. The van der Waals surface area contributed by atoms with Gasteiger partial charge in [0.25, 0.3) is 10.0 Å². The first-order chi connectivity index (χ1) is 11.9. The topological polar surface area (TPSA) is 67.8 Å². The lowest BCUT2D eigenvalue weighted by atomic mass is 10.1. The van der Waals surface area contributed by atoms with Crippen LogP contribution in [-0.2, 0) is 10.0 Å². The maximum atomic E-state index is 12.2. The summed E-state index contributed by atoms with van der Waals surface area (Å²) in [4.78, 5) is 2.47. The highest BCUT2D eigenvalue weighted by atomic mass is 32.2. The van der Waals surface area contributed by atoms with Crippen molar-refractivity contribution in [3.63, 3.8) is 0 Å². The van der Waals surface area contributed by atoms with Crippen LogP contribution in [0, 0.1) is 6.92 Å². The lowest BCUT2D eigenvalue weighted by Gasteiger charge is -2.08. The Labute approximate surface area is 149 Å². The van der Waals surface area contributed by atoms with E-state index in [2.05, 4.69) is 16.9 Å². The van der Waals surface area contributed by atoms with Crippen LogP contribution in [0.2, 0.25) is 0 Å². The number of rotatable bonds is 8. The molecular formula is C19H24N2O3S. The van der Waals surface area contributed by atoms with Gasteiger partial charge in [-0.3, -0.25) is 0 Å². The van der Waals surface area contributed by atoms with Crippen molar-refractivity contribution in [3.05, 3.63) is 59.7 Å². The lowest BCUT2D eigenvalue weighted by molar-refractivity contribution is 0.309. The van der Waals surface area contributed by atoms with Crippen LogP contribution >= 0.6 is 0 Å². The molecule has 2 rings (SSSR count). The summed E-state index contributed by atoms with van der Waals surface area (Å²) < 4.78 is 30.1. The van der Waals surface area contributed by atoms with Gasteiger partial charge in [0.05, 0.1) is 17.2 Å². The number of benzene rings is 2. The van der Waals surface area contributed by atoms with E-state index in [0.29, 0.717) is 12.3 Å². The van der Waals surface area contributed by atoms with Crippen LogP contribution in [0.3, 0.4) is 0 Å². The average Bonchev–Trinajstić information content (AvgIpc) is 2.61. The first-order valence-corrected chi connectivity index (χ1v) is 9.76. The van der Waals surface area contributed by atoms with E-state index in [4.69, 9.17) is 4.74 Å². The molecule has 0 saturated carbocycles. The molecule has 134 valence electrons.